The van der Waals surface area contributed by atoms with Crippen molar-refractivity contribution in [2.24, 2.45) is 5.92 Å². The van der Waals surface area contributed by atoms with Crippen molar-refractivity contribution in [2.45, 2.75) is 39.0 Å². The molecule has 1 aromatic heterocycles. The molecule has 1 aliphatic rings. The molecule has 2 aromatic rings. The highest BCUT2D eigenvalue weighted by atomic mass is 15.0. The molecule has 20 heavy (non-hydrogen) atoms. The predicted molar refractivity (Wildman–Crippen MR) is 81.6 cm³/mol. The second-order valence-electron chi connectivity index (χ2n) is 6.11. The molecule has 2 N–H and O–H groups in total. The summed E-state index contributed by atoms with van der Waals surface area (Å²) in [6, 6.07) is 10.5. The summed E-state index contributed by atoms with van der Waals surface area (Å²) in [5.41, 5.74) is 9.87. The van der Waals surface area contributed by atoms with Crippen molar-refractivity contribution in [3.63, 3.8) is 0 Å². The Kier molecular flexibility index (Phi) is 3.43. The number of nitrogens with two attached hydrogens (primary N) is 1. The van der Waals surface area contributed by atoms with Crippen molar-refractivity contribution in [3.8, 4) is 0 Å². The number of nitrogens with zero attached hydrogens (tertiary/aromatic N) is 2. The topological polar surface area (TPSA) is 51.8 Å². The summed E-state index contributed by atoms with van der Waals surface area (Å²) in [5.74, 6) is 2.47. The standard InChI is InChI=1S/C17H21N3/c1-11(2)7-15-10-16(18)20-17(19-15)14-8-12-5-3-4-6-13(12)9-14/h3-6,10-11,14H,7-9H2,1-2H3,(H2,18,19,20). The summed E-state index contributed by atoms with van der Waals surface area (Å²) in [6.07, 6.45) is 3.01. The quantitative estimate of drug-likeness (QED) is 0.929. The summed E-state index contributed by atoms with van der Waals surface area (Å²) in [6.45, 7) is 4.40. The molecule has 0 saturated carbocycles. The van der Waals surface area contributed by atoms with E-state index in [0.29, 0.717) is 17.7 Å². The van der Waals surface area contributed by atoms with E-state index in [-0.39, 0.29) is 0 Å². The second kappa shape index (κ2) is 5.23. The van der Waals surface area contributed by atoms with Crippen molar-refractivity contribution in [2.75, 3.05) is 5.73 Å². The number of aromatic nitrogens is 2. The van der Waals surface area contributed by atoms with E-state index in [1.165, 1.54) is 11.1 Å². The third kappa shape index (κ3) is 2.67. The van der Waals surface area contributed by atoms with Gasteiger partial charge in [0, 0.05) is 17.7 Å². The smallest absolute Gasteiger partial charge is 0.134 e. The van der Waals surface area contributed by atoms with Gasteiger partial charge in [-0.2, -0.15) is 0 Å². The fourth-order valence-corrected chi connectivity index (χ4v) is 2.99. The van der Waals surface area contributed by atoms with Crippen LogP contribution in [-0.2, 0) is 19.3 Å². The maximum Gasteiger partial charge on any atom is 0.134 e. The van der Waals surface area contributed by atoms with Crippen molar-refractivity contribution >= 4 is 5.82 Å². The summed E-state index contributed by atoms with van der Waals surface area (Å²) in [4.78, 5) is 9.22. The highest BCUT2D eigenvalue weighted by molar-refractivity contribution is 5.37. The van der Waals surface area contributed by atoms with Gasteiger partial charge in [0.15, 0.2) is 0 Å². The number of nitrogen functional groups attached to an aromatic ring is 1. The van der Waals surface area contributed by atoms with Crippen LogP contribution in [0.25, 0.3) is 0 Å². The number of hydrogen-bond donors (Lipinski definition) is 1. The average Bonchev–Trinajstić information content (AvgIpc) is 2.80. The Hall–Kier alpha value is -1.90. The number of hydrogen-bond acceptors (Lipinski definition) is 3. The minimum absolute atomic E-state index is 0.377. The zero-order valence-corrected chi connectivity index (χ0v) is 12.1. The lowest BCUT2D eigenvalue weighted by Gasteiger charge is -2.11. The molecule has 104 valence electrons. The maximum absolute atomic E-state index is 5.96. The molecule has 0 atom stereocenters. The lowest BCUT2D eigenvalue weighted by Crippen LogP contribution is -2.10. The maximum atomic E-state index is 5.96. The van der Waals surface area contributed by atoms with Gasteiger partial charge in [-0.3, -0.25) is 0 Å². The van der Waals surface area contributed by atoms with E-state index < -0.39 is 0 Å². The Morgan fingerprint density at radius 2 is 1.80 bits per heavy atom. The van der Waals surface area contributed by atoms with Crippen LogP contribution in [-0.4, -0.2) is 9.97 Å². The molecule has 0 bridgehead atoms. The summed E-state index contributed by atoms with van der Waals surface area (Å²) < 4.78 is 0. The second-order valence-corrected chi connectivity index (χ2v) is 6.11. The normalized spacial score (nSPS) is 14.8. The van der Waals surface area contributed by atoms with Gasteiger partial charge in [-0.1, -0.05) is 38.1 Å². The zero-order chi connectivity index (χ0) is 14.1. The first-order valence-corrected chi connectivity index (χ1v) is 7.32. The molecule has 3 rings (SSSR count). The summed E-state index contributed by atoms with van der Waals surface area (Å²) in [5, 5.41) is 0. The van der Waals surface area contributed by atoms with E-state index in [2.05, 4.69) is 43.1 Å². The van der Waals surface area contributed by atoms with E-state index in [1.807, 2.05) is 6.07 Å². The molecule has 1 heterocycles. The van der Waals surface area contributed by atoms with Crippen LogP contribution < -0.4 is 5.73 Å². The van der Waals surface area contributed by atoms with E-state index in [4.69, 9.17) is 10.7 Å². The molecule has 1 aliphatic carbocycles. The van der Waals surface area contributed by atoms with Crippen molar-refractivity contribution in [1.29, 1.82) is 0 Å². The fourth-order valence-electron chi connectivity index (χ4n) is 2.99. The van der Waals surface area contributed by atoms with E-state index in [9.17, 15) is 0 Å². The minimum atomic E-state index is 0.377. The van der Waals surface area contributed by atoms with Crippen molar-refractivity contribution < 1.29 is 0 Å². The monoisotopic (exact) mass is 267 g/mol. The lowest BCUT2D eigenvalue weighted by molar-refractivity contribution is 0.617. The Bertz CT molecular complexity index is 594. The van der Waals surface area contributed by atoms with E-state index in [1.54, 1.807) is 0 Å². The van der Waals surface area contributed by atoms with E-state index in [0.717, 1.165) is 30.8 Å². The van der Waals surface area contributed by atoms with Crippen LogP contribution in [0.1, 0.15) is 42.4 Å². The molecule has 0 saturated heterocycles. The molecular formula is C17H21N3. The highest BCUT2D eigenvalue weighted by Crippen LogP contribution is 2.32. The van der Waals surface area contributed by atoms with Gasteiger partial charge in [-0.05, 0) is 36.3 Å². The first-order valence-electron chi connectivity index (χ1n) is 7.32. The molecule has 0 radical (unpaired) electrons. The molecule has 0 fully saturated rings. The first-order chi connectivity index (χ1) is 9.61. The van der Waals surface area contributed by atoms with Gasteiger partial charge in [0.2, 0.25) is 0 Å². The molecule has 3 nitrogen and oxygen atoms in total. The van der Waals surface area contributed by atoms with Crippen molar-refractivity contribution in [3.05, 3.63) is 53.0 Å². The van der Waals surface area contributed by atoms with Gasteiger partial charge < -0.3 is 5.73 Å². The summed E-state index contributed by atoms with van der Waals surface area (Å²) >= 11 is 0. The molecule has 0 unspecified atom stereocenters. The SMILES string of the molecule is CC(C)Cc1cc(N)nc(C2Cc3ccccc3C2)n1. The van der Waals surface area contributed by atoms with Crippen LogP contribution in [0.15, 0.2) is 30.3 Å². The van der Waals surface area contributed by atoms with E-state index >= 15 is 0 Å². The molecule has 0 amide bonds. The van der Waals surface area contributed by atoms with Gasteiger partial charge in [-0.25, -0.2) is 9.97 Å². The first kappa shape index (κ1) is 13.1. The minimum Gasteiger partial charge on any atom is -0.384 e. The van der Waals surface area contributed by atoms with Gasteiger partial charge in [0.1, 0.15) is 11.6 Å². The Morgan fingerprint density at radius 1 is 1.15 bits per heavy atom. The third-order valence-corrected chi connectivity index (χ3v) is 3.85. The van der Waals surface area contributed by atoms with Crippen LogP contribution in [0, 0.1) is 5.92 Å². The highest BCUT2D eigenvalue weighted by Gasteiger charge is 2.25. The fraction of sp³-hybridized carbons (Fsp3) is 0.412. The Labute approximate surface area is 120 Å². The van der Waals surface area contributed by atoms with Gasteiger partial charge in [0.25, 0.3) is 0 Å². The van der Waals surface area contributed by atoms with Gasteiger partial charge in [0.05, 0.1) is 0 Å². The Morgan fingerprint density at radius 3 is 2.40 bits per heavy atom. The molecule has 0 spiro atoms. The number of fused-ring (bicyclic) bond motifs is 1. The Balaban J connectivity index is 1.87. The van der Waals surface area contributed by atoms with Crippen molar-refractivity contribution in [1.82, 2.24) is 9.97 Å². The predicted octanol–water partition coefficient (Wildman–Crippen LogP) is 3.14. The van der Waals surface area contributed by atoms with Crippen LogP contribution in [0.2, 0.25) is 0 Å². The zero-order valence-electron chi connectivity index (χ0n) is 12.1. The third-order valence-electron chi connectivity index (χ3n) is 3.85. The average molecular weight is 267 g/mol. The number of rotatable bonds is 3. The molecule has 1 aromatic carbocycles. The van der Waals surface area contributed by atoms with Gasteiger partial charge in [-0.15, -0.1) is 0 Å². The van der Waals surface area contributed by atoms with Crippen LogP contribution >= 0.6 is 0 Å². The number of benzene rings is 1. The van der Waals surface area contributed by atoms with Gasteiger partial charge >= 0.3 is 0 Å². The lowest BCUT2D eigenvalue weighted by atomic mass is 10.0. The van der Waals surface area contributed by atoms with Crippen LogP contribution in [0.3, 0.4) is 0 Å². The number of anilines is 1. The van der Waals surface area contributed by atoms with Crippen LogP contribution in [0.4, 0.5) is 5.82 Å². The molecule has 3 heteroatoms. The largest absolute Gasteiger partial charge is 0.384 e. The summed E-state index contributed by atoms with van der Waals surface area (Å²) in [7, 11) is 0. The molecular weight excluding hydrogens is 246 g/mol. The van der Waals surface area contributed by atoms with Crippen LogP contribution in [0.5, 0.6) is 0 Å². The molecule has 0 aliphatic heterocycles.